The molecule has 0 aliphatic carbocycles. The lowest BCUT2D eigenvalue weighted by Crippen LogP contribution is -2.07. The van der Waals surface area contributed by atoms with Gasteiger partial charge in [-0.25, -0.2) is 9.97 Å². The van der Waals surface area contributed by atoms with E-state index in [1.807, 2.05) is 4.57 Å². The van der Waals surface area contributed by atoms with Crippen LogP contribution in [0.25, 0.3) is 11.2 Å². The lowest BCUT2D eigenvalue weighted by molar-refractivity contribution is 0.386. The lowest BCUT2D eigenvalue weighted by atomic mass is 10.4. The van der Waals surface area contributed by atoms with Gasteiger partial charge in [0.25, 0.3) is 0 Å². The van der Waals surface area contributed by atoms with Gasteiger partial charge in [0.05, 0.1) is 13.0 Å². The van der Waals surface area contributed by atoms with Gasteiger partial charge in [0.1, 0.15) is 12.2 Å². The van der Waals surface area contributed by atoms with Crippen molar-refractivity contribution in [3.8, 4) is 5.88 Å². The van der Waals surface area contributed by atoms with E-state index in [2.05, 4.69) is 25.1 Å². The van der Waals surface area contributed by atoms with Crippen LogP contribution in [0.15, 0.2) is 10.9 Å². The summed E-state index contributed by atoms with van der Waals surface area (Å²) in [6.07, 6.45) is 2.04. The number of imidazole rings is 1. The van der Waals surface area contributed by atoms with E-state index in [0.29, 0.717) is 47.5 Å². The van der Waals surface area contributed by atoms with Crippen molar-refractivity contribution in [1.29, 1.82) is 0 Å². The van der Waals surface area contributed by atoms with E-state index in [1.165, 1.54) is 6.33 Å². The average molecular weight is 309 g/mol. The van der Waals surface area contributed by atoms with Crippen LogP contribution in [0, 0.1) is 6.92 Å². The predicted molar refractivity (Wildman–Crippen MR) is 74.2 cm³/mol. The molecule has 0 amide bonds. The van der Waals surface area contributed by atoms with Crippen LogP contribution in [0.5, 0.6) is 5.88 Å². The second-order valence-electron chi connectivity index (χ2n) is 4.35. The zero-order valence-electron chi connectivity index (χ0n) is 11.6. The zero-order chi connectivity index (χ0) is 14.8. The first kappa shape index (κ1) is 13.7. The normalized spacial score (nSPS) is 11.2. The highest BCUT2D eigenvalue weighted by Crippen LogP contribution is 2.22. The molecule has 3 aromatic heterocycles. The molecule has 3 heterocycles. The molecule has 0 atom stereocenters. The van der Waals surface area contributed by atoms with Gasteiger partial charge in [0, 0.05) is 19.9 Å². The number of fused-ring (bicyclic) bond motifs is 1. The molecule has 0 aliphatic rings. The van der Waals surface area contributed by atoms with Crippen molar-refractivity contribution in [2.24, 2.45) is 0 Å². The zero-order valence-corrected chi connectivity index (χ0v) is 12.3. The Morgan fingerprint density at radius 1 is 1.33 bits per heavy atom. The minimum atomic E-state index is 0.269. The molecule has 3 aromatic rings. The van der Waals surface area contributed by atoms with E-state index in [-0.39, 0.29) is 5.88 Å². The third kappa shape index (κ3) is 2.54. The number of alkyl halides is 1. The average Bonchev–Trinajstić information content (AvgIpc) is 3.07. The van der Waals surface area contributed by atoms with Crippen molar-refractivity contribution in [3.63, 3.8) is 0 Å². The molecule has 0 radical (unpaired) electrons. The topological polar surface area (TPSA) is 91.8 Å². The first-order chi connectivity index (χ1) is 10.2. The fraction of sp³-hybridized carbons (Fsp3) is 0.417. The van der Waals surface area contributed by atoms with Crippen LogP contribution < -0.4 is 4.74 Å². The first-order valence-corrected chi connectivity index (χ1v) is 6.85. The van der Waals surface area contributed by atoms with Crippen LogP contribution in [0.1, 0.15) is 17.5 Å². The minimum absolute atomic E-state index is 0.269. The van der Waals surface area contributed by atoms with E-state index in [0.717, 1.165) is 0 Å². The van der Waals surface area contributed by atoms with Crippen LogP contribution in [0.3, 0.4) is 0 Å². The summed E-state index contributed by atoms with van der Waals surface area (Å²) in [7, 11) is 1.54. The van der Waals surface area contributed by atoms with Gasteiger partial charge in [0.15, 0.2) is 17.0 Å². The number of hydrogen-bond acceptors (Lipinski definition) is 7. The Bertz CT molecular complexity index is 768. The van der Waals surface area contributed by atoms with Gasteiger partial charge < -0.3 is 13.8 Å². The predicted octanol–water partition coefficient (Wildman–Crippen LogP) is 1.51. The van der Waals surface area contributed by atoms with Gasteiger partial charge in [-0.05, 0) is 0 Å². The number of aryl methyl sites for hydroxylation is 3. The van der Waals surface area contributed by atoms with Crippen LogP contribution in [-0.2, 0) is 18.8 Å². The van der Waals surface area contributed by atoms with Crippen molar-refractivity contribution in [2.75, 3.05) is 7.11 Å². The number of hydrogen-bond donors (Lipinski definition) is 0. The summed E-state index contributed by atoms with van der Waals surface area (Å²) in [5.41, 5.74) is 1.28. The Morgan fingerprint density at radius 3 is 2.86 bits per heavy atom. The van der Waals surface area contributed by atoms with E-state index >= 15 is 0 Å². The summed E-state index contributed by atoms with van der Waals surface area (Å²) in [5, 5.41) is 3.87. The van der Waals surface area contributed by atoms with Crippen molar-refractivity contribution < 1.29 is 9.26 Å². The highest BCUT2D eigenvalue weighted by Gasteiger charge is 2.16. The van der Waals surface area contributed by atoms with Crippen molar-refractivity contribution in [3.05, 3.63) is 23.9 Å². The molecule has 0 fully saturated rings. The Morgan fingerprint density at radius 2 is 2.19 bits per heavy atom. The van der Waals surface area contributed by atoms with Gasteiger partial charge in [-0.3, -0.25) is 0 Å². The molecule has 0 aromatic carbocycles. The first-order valence-electron chi connectivity index (χ1n) is 6.32. The van der Waals surface area contributed by atoms with E-state index in [9.17, 15) is 0 Å². The molecule has 9 heteroatoms. The van der Waals surface area contributed by atoms with Gasteiger partial charge in [-0.15, -0.1) is 11.6 Å². The number of halogens is 1. The molecule has 21 heavy (non-hydrogen) atoms. The largest absolute Gasteiger partial charge is 0.479 e. The Hall–Kier alpha value is -2.22. The van der Waals surface area contributed by atoms with Gasteiger partial charge >= 0.3 is 0 Å². The molecule has 0 bridgehead atoms. The molecule has 0 saturated carbocycles. The molecule has 3 rings (SSSR count). The maximum Gasteiger partial charge on any atom is 0.245 e. The molecule has 0 aliphatic heterocycles. The fourth-order valence-corrected chi connectivity index (χ4v) is 2.31. The number of ether oxygens (including phenoxy) is 1. The summed E-state index contributed by atoms with van der Waals surface area (Å²) in [5.74, 6) is 2.58. The molecule has 0 N–H and O–H groups in total. The Labute approximate surface area is 125 Å². The fourth-order valence-electron chi connectivity index (χ4n) is 2.10. The molecule has 110 valence electrons. The van der Waals surface area contributed by atoms with Crippen LogP contribution >= 0.6 is 11.6 Å². The SMILES string of the molecule is COc1ncnc2c1nc(CCl)n2CCc1noc(C)n1. The third-order valence-electron chi connectivity index (χ3n) is 3.02. The molecular formula is C12H13ClN6O2. The number of aromatic nitrogens is 6. The second-order valence-corrected chi connectivity index (χ2v) is 4.62. The summed E-state index contributed by atoms with van der Waals surface area (Å²) in [4.78, 5) is 16.9. The monoisotopic (exact) mass is 308 g/mol. The molecule has 0 unspecified atom stereocenters. The van der Waals surface area contributed by atoms with Gasteiger partial charge in [-0.1, -0.05) is 5.16 Å². The second kappa shape index (κ2) is 5.65. The summed E-state index contributed by atoms with van der Waals surface area (Å²) >= 11 is 5.96. The lowest BCUT2D eigenvalue weighted by Gasteiger charge is -2.05. The van der Waals surface area contributed by atoms with Crippen LogP contribution in [0.2, 0.25) is 0 Å². The van der Waals surface area contributed by atoms with E-state index < -0.39 is 0 Å². The number of nitrogens with zero attached hydrogens (tertiary/aromatic N) is 6. The van der Waals surface area contributed by atoms with E-state index in [4.69, 9.17) is 20.9 Å². The summed E-state index contributed by atoms with van der Waals surface area (Å²) in [6.45, 7) is 2.35. The Balaban J connectivity index is 1.96. The van der Waals surface area contributed by atoms with Gasteiger partial charge in [-0.2, -0.15) is 9.97 Å². The van der Waals surface area contributed by atoms with Crippen molar-refractivity contribution in [1.82, 2.24) is 29.7 Å². The molecule has 8 nitrogen and oxygen atoms in total. The summed E-state index contributed by atoms with van der Waals surface area (Å²) in [6, 6.07) is 0. The van der Waals surface area contributed by atoms with Crippen molar-refractivity contribution >= 4 is 22.8 Å². The molecule has 0 spiro atoms. The van der Waals surface area contributed by atoms with Crippen LogP contribution in [-0.4, -0.2) is 36.8 Å². The minimum Gasteiger partial charge on any atom is -0.479 e. The number of methoxy groups -OCH3 is 1. The van der Waals surface area contributed by atoms with Crippen LogP contribution in [0.4, 0.5) is 0 Å². The van der Waals surface area contributed by atoms with Gasteiger partial charge in [0.2, 0.25) is 11.8 Å². The summed E-state index contributed by atoms with van der Waals surface area (Å²) < 4.78 is 12.1. The third-order valence-corrected chi connectivity index (χ3v) is 3.26. The maximum absolute atomic E-state index is 5.96. The Kier molecular flexibility index (Phi) is 3.70. The number of rotatable bonds is 5. The standard InChI is InChI=1S/C12H13ClN6O2/c1-7-16-8(18-21-7)3-4-19-9(5-13)17-10-11(19)14-6-15-12(10)20-2/h6H,3-5H2,1-2H3. The highest BCUT2D eigenvalue weighted by molar-refractivity contribution is 6.16. The molecular weight excluding hydrogens is 296 g/mol. The smallest absolute Gasteiger partial charge is 0.245 e. The highest BCUT2D eigenvalue weighted by atomic mass is 35.5. The van der Waals surface area contributed by atoms with Crippen molar-refractivity contribution in [2.45, 2.75) is 25.8 Å². The quantitative estimate of drug-likeness (QED) is 0.660. The molecule has 0 saturated heterocycles. The van der Waals surface area contributed by atoms with E-state index in [1.54, 1.807) is 14.0 Å². The maximum atomic E-state index is 5.96.